The van der Waals surface area contributed by atoms with E-state index in [9.17, 15) is 0 Å². The van der Waals surface area contributed by atoms with Gasteiger partial charge >= 0.3 is 0 Å². The number of hydrogen-bond donors (Lipinski definition) is 1. The highest BCUT2D eigenvalue weighted by atomic mass is 32.1. The predicted octanol–water partition coefficient (Wildman–Crippen LogP) is 3.41. The molecule has 0 unspecified atom stereocenters. The van der Waals surface area contributed by atoms with Gasteiger partial charge in [-0.05, 0) is 31.7 Å². The molecule has 2 rings (SSSR count). The second kappa shape index (κ2) is 5.57. The maximum Gasteiger partial charge on any atom is 0.0797 e. The summed E-state index contributed by atoms with van der Waals surface area (Å²) in [6.07, 6.45) is 1.08. The van der Waals surface area contributed by atoms with Gasteiger partial charge in [-0.15, -0.1) is 22.7 Å². The van der Waals surface area contributed by atoms with Crippen molar-refractivity contribution in [3.8, 4) is 0 Å². The van der Waals surface area contributed by atoms with Gasteiger partial charge in [0.25, 0.3) is 0 Å². The number of hydrogen-bond acceptors (Lipinski definition) is 4. The summed E-state index contributed by atoms with van der Waals surface area (Å²) in [7, 11) is 0. The zero-order valence-corrected chi connectivity index (χ0v) is 11.2. The summed E-state index contributed by atoms with van der Waals surface area (Å²) >= 11 is 3.56. The number of aryl methyl sites for hydroxylation is 1. The van der Waals surface area contributed by atoms with E-state index in [1.165, 1.54) is 15.4 Å². The van der Waals surface area contributed by atoms with Crippen molar-refractivity contribution in [2.45, 2.75) is 26.3 Å². The van der Waals surface area contributed by atoms with Gasteiger partial charge in [-0.25, -0.2) is 4.98 Å². The van der Waals surface area contributed by atoms with Crippen LogP contribution >= 0.6 is 22.7 Å². The normalized spacial score (nSPS) is 12.9. The summed E-state index contributed by atoms with van der Waals surface area (Å²) in [5.41, 5.74) is 3.10. The molecular weight excluding hydrogens is 236 g/mol. The maximum atomic E-state index is 4.26. The van der Waals surface area contributed by atoms with Crippen LogP contribution < -0.4 is 5.32 Å². The third-order valence-corrected chi connectivity index (χ3v) is 4.67. The van der Waals surface area contributed by atoms with Gasteiger partial charge < -0.3 is 5.32 Å². The zero-order chi connectivity index (χ0) is 11.4. The van der Waals surface area contributed by atoms with E-state index >= 15 is 0 Å². The van der Waals surface area contributed by atoms with Gasteiger partial charge in [0.15, 0.2) is 0 Å². The highest BCUT2D eigenvalue weighted by Crippen LogP contribution is 2.18. The average molecular weight is 252 g/mol. The standard InChI is InChI=1S/C12H16N2S2/c1-9(11-4-3-7-15-11)13-6-5-12-10(2)14-8-16-12/h3-4,7-9,13H,5-6H2,1-2H3/t9-/m1/s1. The summed E-state index contributed by atoms with van der Waals surface area (Å²) in [6.45, 7) is 5.31. The SMILES string of the molecule is Cc1ncsc1CCN[C@H](C)c1cccs1. The summed E-state index contributed by atoms with van der Waals surface area (Å²) in [4.78, 5) is 7.06. The second-order valence-corrected chi connectivity index (χ2v) is 5.72. The molecule has 0 saturated carbocycles. The lowest BCUT2D eigenvalue weighted by Crippen LogP contribution is -2.20. The minimum atomic E-state index is 0.452. The monoisotopic (exact) mass is 252 g/mol. The first-order chi connectivity index (χ1) is 7.77. The van der Waals surface area contributed by atoms with Crippen molar-refractivity contribution in [2.24, 2.45) is 0 Å². The Hall–Kier alpha value is -0.710. The fourth-order valence-electron chi connectivity index (χ4n) is 1.61. The molecule has 2 aromatic rings. The molecule has 0 fully saturated rings. The largest absolute Gasteiger partial charge is 0.309 e. The van der Waals surface area contributed by atoms with Crippen molar-refractivity contribution in [3.05, 3.63) is 38.5 Å². The predicted molar refractivity (Wildman–Crippen MR) is 71.3 cm³/mol. The smallest absolute Gasteiger partial charge is 0.0797 e. The van der Waals surface area contributed by atoms with Crippen molar-refractivity contribution in [1.82, 2.24) is 10.3 Å². The van der Waals surface area contributed by atoms with E-state index in [4.69, 9.17) is 0 Å². The van der Waals surface area contributed by atoms with Crippen molar-refractivity contribution >= 4 is 22.7 Å². The van der Waals surface area contributed by atoms with Gasteiger partial charge in [0.2, 0.25) is 0 Å². The highest BCUT2D eigenvalue weighted by Gasteiger charge is 2.06. The van der Waals surface area contributed by atoms with E-state index < -0.39 is 0 Å². The van der Waals surface area contributed by atoms with Crippen molar-refractivity contribution in [2.75, 3.05) is 6.54 Å². The van der Waals surface area contributed by atoms with E-state index in [2.05, 4.69) is 41.7 Å². The molecule has 0 amide bonds. The van der Waals surface area contributed by atoms with Crippen molar-refractivity contribution in [1.29, 1.82) is 0 Å². The van der Waals surface area contributed by atoms with E-state index in [0.29, 0.717) is 6.04 Å². The number of rotatable bonds is 5. The van der Waals surface area contributed by atoms with Crippen molar-refractivity contribution < 1.29 is 0 Å². The lowest BCUT2D eigenvalue weighted by molar-refractivity contribution is 0.586. The molecule has 0 spiro atoms. The molecule has 16 heavy (non-hydrogen) atoms. The number of thiophene rings is 1. The van der Waals surface area contributed by atoms with E-state index in [1.54, 1.807) is 11.3 Å². The van der Waals surface area contributed by atoms with Crippen LogP contribution in [-0.2, 0) is 6.42 Å². The van der Waals surface area contributed by atoms with Crippen LogP contribution in [0.2, 0.25) is 0 Å². The first-order valence-corrected chi connectivity index (χ1v) is 7.19. The van der Waals surface area contributed by atoms with Crippen LogP contribution in [0.1, 0.15) is 28.4 Å². The Kier molecular flexibility index (Phi) is 4.09. The molecule has 0 bridgehead atoms. The molecule has 2 aromatic heterocycles. The molecule has 0 aliphatic rings. The Labute approximate surface area is 104 Å². The fraction of sp³-hybridized carbons (Fsp3) is 0.417. The molecule has 1 atom stereocenters. The molecule has 2 nitrogen and oxygen atoms in total. The van der Waals surface area contributed by atoms with Gasteiger partial charge in [0.05, 0.1) is 11.2 Å². The first kappa shape index (κ1) is 11.8. The molecule has 0 radical (unpaired) electrons. The molecule has 4 heteroatoms. The van der Waals surface area contributed by atoms with Gasteiger partial charge in [-0.3, -0.25) is 0 Å². The Bertz CT molecular complexity index is 420. The van der Waals surface area contributed by atoms with E-state index in [-0.39, 0.29) is 0 Å². The van der Waals surface area contributed by atoms with Gasteiger partial charge in [-0.2, -0.15) is 0 Å². The van der Waals surface area contributed by atoms with Gasteiger partial charge in [0.1, 0.15) is 0 Å². The van der Waals surface area contributed by atoms with E-state index in [0.717, 1.165) is 13.0 Å². The molecule has 0 aliphatic carbocycles. The van der Waals surface area contributed by atoms with Crippen LogP contribution in [0.5, 0.6) is 0 Å². The van der Waals surface area contributed by atoms with Crippen LogP contribution in [0.25, 0.3) is 0 Å². The average Bonchev–Trinajstić information content (AvgIpc) is 2.90. The Balaban J connectivity index is 1.78. The quantitative estimate of drug-likeness (QED) is 0.882. The Morgan fingerprint density at radius 2 is 2.31 bits per heavy atom. The first-order valence-electron chi connectivity index (χ1n) is 5.43. The molecular formula is C12H16N2S2. The third kappa shape index (κ3) is 2.90. The molecule has 0 aromatic carbocycles. The van der Waals surface area contributed by atoms with Crippen LogP contribution in [0, 0.1) is 6.92 Å². The van der Waals surface area contributed by atoms with Gasteiger partial charge in [-0.1, -0.05) is 6.07 Å². The zero-order valence-electron chi connectivity index (χ0n) is 9.56. The Morgan fingerprint density at radius 1 is 1.44 bits per heavy atom. The minimum Gasteiger partial charge on any atom is -0.309 e. The summed E-state index contributed by atoms with van der Waals surface area (Å²) < 4.78 is 0. The lowest BCUT2D eigenvalue weighted by Gasteiger charge is -2.11. The summed E-state index contributed by atoms with van der Waals surface area (Å²) in [5, 5.41) is 5.67. The minimum absolute atomic E-state index is 0.452. The van der Waals surface area contributed by atoms with Crippen molar-refractivity contribution in [3.63, 3.8) is 0 Å². The molecule has 1 N–H and O–H groups in total. The van der Waals surface area contributed by atoms with Gasteiger partial charge in [0, 0.05) is 22.3 Å². The topological polar surface area (TPSA) is 24.9 Å². The number of nitrogens with one attached hydrogen (secondary N) is 1. The summed E-state index contributed by atoms with van der Waals surface area (Å²) in [6, 6.07) is 4.74. The highest BCUT2D eigenvalue weighted by molar-refractivity contribution is 7.10. The van der Waals surface area contributed by atoms with Crippen LogP contribution in [0.4, 0.5) is 0 Å². The maximum absolute atomic E-state index is 4.26. The fourth-order valence-corrected chi connectivity index (χ4v) is 3.15. The van der Waals surface area contributed by atoms with Crippen LogP contribution in [-0.4, -0.2) is 11.5 Å². The molecule has 86 valence electrons. The number of aromatic nitrogens is 1. The molecule has 2 heterocycles. The van der Waals surface area contributed by atoms with E-state index in [1.807, 2.05) is 16.8 Å². The Morgan fingerprint density at radius 3 is 2.94 bits per heavy atom. The summed E-state index contributed by atoms with van der Waals surface area (Å²) in [5.74, 6) is 0. The van der Waals surface area contributed by atoms with Crippen LogP contribution in [0.3, 0.4) is 0 Å². The molecule has 0 saturated heterocycles. The third-order valence-electron chi connectivity index (χ3n) is 2.62. The molecule has 0 aliphatic heterocycles. The second-order valence-electron chi connectivity index (χ2n) is 3.80. The number of nitrogens with zero attached hydrogens (tertiary/aromatic N) is 1. The number of thiazole rings is 1. The lowest BCUT2D eigenvalue weighted by atomic mass is 10.2. The van der Waals surface area contributed by atoms with Crippen LogP contribution in [0.15, 0.2) is 23.0 Å².